The quantitative estimate of drug-likeness (QED) is 0.416. The molecule has 4 N–H and O–H groups in total. The molecule has 2 rings (SSSR count). The molecule has 19 heavy (non-hydrogen) atoms. The summed E-state index contributed by atoms with van der Waals surface area (Å²) in [6.07, 6.45) is 0.941. The van der Waals surface area contributed by atoms with Crippen molar-refractivity contribution in [2.24, 2.45) is 11.8 Å². The van der Waals surface area contributed by atoms with E-state index in [0.29, 0.717) is 18.3 Å². The Balaban J connectivity index is 2.18. The molecule has 0 bridgehead atoms. The van der Waals surface area contributed by atoms with Crippen LogP contribution < -0.4 is 16.6 Å². The monoisotopic (exact) mass is 267 g/mol. The van der Waals surface area contributed by atoms with Crippen molar-refractivity contribution in [2.75, 3.05) is 24.0 Å². The van der Waals surface area contributed by atoms with Crippen LogP contribution >= 0.6 is 0 Å². The van der Waals surface area contributed by atoms with Crippen LogP contribution in [0.5, 0.6) is 0 Å². The van der Waals surface area contributed by atoms with E-state index in [2.05, 4.69) is 15.7 Å². The maximum Gasteiger partial charge on any atom is 0.311 e. The van der Waals surface area contributed by atoms with Gasteiger partial charge in [-0.1, -0.05) is 0 Å². The minimum absolute atomic E-state index is 0.0433. The topological polar surface area (TPSA) is 115 Å². The summed E-state index contributed by atoms with van der Waals surface area (Å²) in [5.74, 6) is 6.20. The van der Waals surface area contributed by atoms with Crippen molar-refractivity contribution < 1.29 is 9.66 Å². The third-order valence-electron chi connectivity index (χ3n) is 3.25. The van der Waals surface area contributed by atoms with Gasteiger partial charge in [0.15, 0.2) is 0 Å². The van der Waals surface area contributed by atoms with E-state index in [9.17, 15) is 10.1 Å². The van der Waals surface area contributed by atoms with Crippen molar-refractivity contribution in [3.63, 3.8) is 0 Å². The Morgan fingerprint density at radius 3 is 3.00 bits per heavy atom. The number of hydrogen-bond donors (Lipinski definition) is 3. The third-order valence-corrected chi connectivity index (χ3v) is 3.25. The van der Waals surface area contributed by atoms with Crippen LogP contribution in [0.3, 0.4) is 0 Å². The Labute approximate surface area is 110 Å². The zero-order valence-electron chi connectivity index (χ0n) is 10.6. The van der Waals surface area contributed by atoms with E-state index in [1.165, 1.54) is 12.1 Å². The predicted molar refractivity (Wildman–Crippen MR) is 70.7 cm³/mol. The molecule has 0 saturated carbocycles. The number of nitrogens with one attached hydrogen (secondary N) is 2. The van der Waals surface area contributed by atoms with Crippen molar-refractivity contribution in [1.82, 2.24) is 4.98 Å². The molecule has 0 spiro atoms. The van der Waals surface area contributed by atoms with E-state index in [1.54, 1.807) is 0 Å². The lowest BCUT2D eigenvalue weighted by Crippen LogP contribution is -2.27. The molecule has 2 atom stereocenters. The van der Waals surface area contributed by atoms with Crippen molar-refractivity contribution in [3.8, 4) is 0 Å². The lowest BCUT2D eigenvalue weighted by molar-refractivity contribution is -0.384. The van der Waals surface area contributed by atoms with Gasteiger partial charge in [-0.25, -0.2) is 10.8 Å². The molecule has 0 aliphatic carbocycles. The van der Waals surface area contributed by atoms with Gasteiger partial charge in [0.1, 0.15) is 5.82 Å². The first-order valence-electron chi connectivity index (χ1n) is 6.08. The summed E-state index contributed by atoms with van der Waals surface area (Å²) in [6.45, 7) is 3.36. The Kier molecular flexibility index (Phi) is 4.13. The van der Waals surface area contributed by atoms with Gasteiger partial charge in [0.05, 0.1) is 11.5 Å². The highest BCUT2D eigenvalue weighted by atomic mass is 16.6. The van der Waals surface area contributed by atoms with Crippen molar-refractivity contribution in [2.45, 2.75) is 19.4 Å². The van der Waals surface area contributed by atoms with Crippen LogP contribution in [0.15, 0.2) is 12.1 Å². The van der Waals surface area contributed by atoms with Gasteiger partial charge in [0.2, 0.25) is 5.82 Å². The summed E-state index contributed by atoms with van der Waals surface area (Å²) in [4.78, 5) is 14.6. The summed E-state index contributed by atoms with van der Waals surface area (Å²) in [5, 5.41) is 14.1. The van der Waals surface area contributed by atoms with Gasteiger partial charge in [0.25, 0.3) is 0 Å². The molecule has 1 saturated heterocycles. The third kappa shape index (κ3) is 3.09. The average molecular weight is 267 g/mol. The molecule has 8 heteroatoms. The van der Waals surface area contributed by atoms with Gasteiger partial charge in [-0.05, 0) is 19.4 Å². The average Bonchev–Trinajstić information content (AvgIpc) is 2.92. The van der Waals surface area contributed by atoms with Gasteiger partial charge in [0, 0.05) is 24.6 Å². The van der Waals surface area contributed by atoms with Crippen LogP contribution in [-0.2, 0) is 4.74 Å². The molecule has 2 heterocycles. The maximum atomic E-state index is 11.0. The van der Waals surface area contributed by atoms with Crippen LogP contribution in [0.4, 0.5) is 17.3 Å². The summed E-state index contributed by atoms with van der Waals surface area (Å²) >= 11 is 0. The summed E-state index contributed by atoms with van der Waals surface area (Å²) in [7, 11) is 0. The van der Waals surface area contributed by atoms with Crippen LogP contribution in [0.25, 0.3) is 0 Å². The normalized spacial score (nSPS) is 20.0. The second-order valence-electron chi connectivity index (χ2n) is 4.52. The largest absolute Gasteiger partial charge is 0.381 e. The van der Waals surface area contributed by atoms with E-state index in [-0.39, 0.29) is 17.5 Å². The lowest BCUT2D eigenvalue weighted by atomic mass is 10.0. The van der Waals surface area contributed by atoms with Gasteiger partial charge >= 0.3 is 5.69 Å². The Bertz CT molecular complexity index is 462. The van der Waals surface area contributed by atoms with Crippen molar-refractivity contribution in [1.29, 1.82) is 0 Å². The number of rotatable bonds is 5. The number of aromatic nitrogens is 1. The molecule has 0 radical (unpaired) electrons. The van der Waals surface area contributed by atoms with Gasteiger partial charge < -0.3 is 15.5 Å². The van der Waals surface area contributed by atoms with E-state index < -0.39 is 4.92 Å². The Morgan fingerprint density at radius 2 is 2.42 bits per heavy atom. The maximum absolute atomic E-state index is 11.0. The fourth-order valence-corrected chi connectivity index (χ4v) is 2.07. The zero-order chi connectivity index (χ0) is 13.8. The molecule has 1 aliphatic rings. The number of nitro groups is 1. The first kappa shape index (κ1) is 13.5. The van der Waals surface area contributed by atoms with E-state index in [4.69, 9.17) is 10.6 Å². The summed E-state index contributed by atoms with van der Waals surface area (Å²) in [5.41, 5.74) is 2.31. The van der Waals surface area contributed by atoms with Crippen LogP contribution in [0, 0.1) is 16.0 Å². The molecular weight excluding hydrogens is 250 g/mol. The predicted octanol–water partition coefficient (Wildman–Crippen LogP) is 1.11. The molecule has 1 aromatic rings. The molecule has 1 aromatic heterocycles. The molecule has 0 amide bonds. The first-order chi connectivity index (χ1) is 9.11. The summed E-state index contributed by atoms with van der Waals surface area (Å²) in [6, 6.07) is 2.89. The van der Waals surface area contributed by atoms with Crippen LogP contribution in [0.1, 0.15) is 13.3 Å². The standard InChI is InChI=1S/C11H17N5O3/c1-7(8-4-5-19-6-8)13-11-9(16(17)18)2-3-10(14-11)15-12/h2-3,7-8H,4-6,12H2,1H3,(H2,13,14,15). The van der Waals surface area contributed by atoms with Gasteiger partial charge in [-0.2, -0.15) is 0 Å². The summed E-state index contributed by atoms with van der Waals surface area (Å²) < 4.78 is 5.31. The van der Waals surface area contributed by atoms with Crippen molar-refractivity contribution >= 4 is 17.3 Å². The number of nitrogens with two attached hydrogens (primary N) is 1. The molecule has 0 aromatic carbocycles. The smallest absolute Gasteiger partial charge is 0.311 e. The first-order valence-corrected chi connectivity index (χ1v) is 6.08. The van der Waals surface area contributed by atoms with E-state index >= 15 is 0 Å². The van der Waals surface area contributed by atoms with Gasteiger partial charge in [-0.3, -0.25) is 10.1 Å². The molecule has 2 unspecified atom stereocenters. The van der Waals surface area contributed by atoms with Crippen LogP contribution in [0.2, 0.25) is 0 Å². The fourth-order valence-electron chi connectivity index (χ4n) is 2.07. The van der Waals surface area contributed by atoms with E-state index in [0.717, 1.165) is 13.0 Å². The van der Waals surface area contributed by atoms with E-state index in [1.807, 2.05) is 6.92 Å². The SMILES string of the molecule is CC(Nc1nc(NN)ccc1[N+](=O)[O-])C1CCOC1. The molecule has 1 fully saturated rings. The highest BCUT2D eigenvalue weighted by Gasteiger charge is 2.25. The fraction of sp³-hybridized carbons (Fsp3) is 0.545. The van der Waals surface area contributed by atoms with Crippen molar-refractivity contribution in [3.05, 3.63) is 22.2 Å². The Hall–Kier alpha value is -1.93. The minimum atomic E-state index is -0.465. The minimum Gasteiger partial charge on any atom is -0.381 e. The number of nitrogens with zero attached hydrogens (tertiary/aromatic N) is 2. The second-order valence-corrected chi connectivity index (χ2v) is 4.52. The van der Waals surface area contributed by atoms with Gasteiger partial charge in [-0.15, -0.1) is 0 Å². The lowest BCUT2D eigenvalue weighted by Gasteiger charge is -2.19. The highest BCUT2D eigenvalue weighted by Crippen LogP contribution is 2.27. The Morgan fingerprint density at radius 1 is 1.63 bits per heavy atom. The van der Waals surface area contributed by atoms with Crippen LogP contribution in [-0.4, -0.2) is 29.2 Å². The number of anilines is 2. The molecule has 8 nitrogen and oxygen atoms in total. The molecule has 104 valence electrons. The number of pyridine rings is 1. The molecule has 1 aliphatic heterocycles. The second kappa shape index (κ2) is 5.81. The number of ether oxygens (including phenoxy) is 1. The highest BCUT2D eigenvalue weighted by molar-refractivity contribution is 5.60. The number of nitrogen functional groups attached to an aromatic ring is 1. The number of hydrazine groups is 1. The molecular formula is C11H17N5O3. The zero-order valence-corrected chi connectivity index (χ0v) is 10.6. The number of hydrogen-bond acceptors (Lipinski definition) is 7.